The van der Waals surface area contributed by atoms with Gasteiger partial charge in [-0.2, -0.15) is 0 Å². The summed E-state index contributed by atoms with van der Waals surface area (Å²) >= 11 is 12.8. The minimum Gasteiger partial charge on any atom is -0.462 e. The number of halogens is 1. The molecule has 0 bridgehead atoms. The fraction of sp³-hybridized carbons (Fsp3) is 0.105. The minimum absolute atomic E-state index is 0.136. The number of benzene rings is 2. The van der Waals surface area contributed by atoms with Crippen LogP contribution >= 0.6 is 35.2 Å². The molecule has 138 valence electrons. The Morgan fingerprint density at radius 3 is 2.52 bits per heavy atom. The molecule has 0 aliphatic carbocycles. The topological polar surface area (TPSA) is 67.4 Å². The van der Waals surface area contributed by atoms with E-state index in [2.05, 4.69) is 10.6 Å². The Morgan fingerprint density at radius 1 is 1.15 bits per heavy atom. The van der Waals surface area contributed by atoms with E-state index in [1.807, 2.05) is 24.3 Å². The van der Waals surface area contributed by atoms with Gasteiger partial charge in [-0.25, -0.2) is 4.79 Å². The molecule has 0 saturated carbocycles. The molecule has 3 aromatic rings. The molecule has 0 aliphatic rings. The summed E-state index contributed by atoms with van der Waals surface area (Å²) < 4.78 is 5.86. The highest BCUT2D eigenvalue weighted by Crippen LogP contribution is 2.34. The number of thiophene rings is 1. The number of amides is 1. The van der Waals surface area contributed by atoms with Gasteiger partial charge in [0.25, 0.3) is 5.91 Å². The Hall–Kier alpha value is -2.48. The second-order valence-corrected chi connectivity index (χ2v) is 7.29. The van der Waals surface area contributed by atoms with Crippen molar-refractivity contribution in [3.05, 3.63) is 64.0 Å². The van der Waals surface area contributed by atoms with Crippen LogP contribution in [0.15, 0.2) is 48.5 Å². The zero-order valence-corrected chi connectivity index (χ0v) is 16.6. The van der Waals surface area contributed by atoms with E-state index < -0.39 is 0 Å². The third-order valence-electron chi connectivity index (χ3n) is 3.62. The fourth-order valence-corrected chi connectivity index (χ4v) is 4.01. The Kier molecular flexibility index (Phi) is 6.05. The number of anilines is 1. The second-order valence-electron chi connectivity index (χ2n) is 5.45. The molecule has 0 fully saturated rings. The maximum Gasteiger partial charge on any atom is 0.338 e. The zero-order chi connectivity index (χ0) is 19.4. The maximum atomic E-state index is 12.5. The first-order valence-electron chi connectivity index (χ1n) is 8.06. The van der Waals surface area contributed by atoms with E-state index in [1.54, 1.807) is 31.2 Å². The van der Waals surface area contributed by atoms with Crippen LogP contribution in [0.1, 0.15) is 27.0 Å². The van der Waals surface area contributed by atoms with Crippen molar-refractivity contribution in [1.82, 2.24) is 5.32 Å². The van der Waals surface area contributed by atoms with Gasteiger partial charge < -0.3 is 10.1 Å². The SMILES string of the molecule is CCOC(=O)c1ccc(NC(=S)NC(=O)c2sc3ccccc3c2Cl)cc1. The van der Waals surface area contributed by atoms with Crippen LogP contribution in [0.3, 0.4) is 0 Å². The van der Waals surface area contributed by atoms with E-state index in [0.717, 1.165) is 10.1 Å². The van der Waals surface area contributed by atoms with Crippen LogP contribution in [0.4, 0.5) is 5.69 Å². The molecular weight excluding hydrogens is 404 g/mol. The van der Waals surface area contributed by atoms with Crippen molar-refractivity contribution in [2.24, 2.45) is 0 Å². The Morgan fingerprint density at radius 2 is 1.85 bits per heavy atom. The van der Waals surface area contributed by atoms with Crippen LogP contribution < -0.4 is 10.6 Å². The summed E-state index contributed by atoms with van der Waals surface area (Å²) in [6.45, 7) is 2.06. The smallest absolute Gasteiger partial charge is 0.338 e. The Bertz CT molecular complexity index is 1020. The molecule has 1 aromatic heterocycles. The molecule has 27 heavy (non-hydrogen) atoms. The molecule has 0 saturated heterocycles. The Balaban J connectivity index is 1.65. The standard InChI is InChI=1S/C19H15ClN2O3S2/c1-2-25-18(24)11-7-9-12(10-8-11)21-19(26)22-17(23)16-15(20)13-5-3-4-6-14(13)27-16/h3-10H,2H2,1H3,(H2,21,22,23,26). The molecule has 2 aromatic carbocycles. The molecule has 3 rings (SSSR count). The van der Waals surface area contributed by atoms with Crippen molar-refractivity contribution in [2.45, 2.75) is 6.92 Å². The van der Waals surface area contributed by atoms with Crippen LogP contribution in [-0.2, 0) is 4.74 Å². The van der Waals surface area contributed by atoms with Gasteiger partial charge in [0.15, 0.2) is 5.11 Å². The first kappa shape index (κ1) is 19.3. The second kappa shape index (κ2) is 8.47. The van der Waals surface area contributed by atoms with Gasteiger partial charge in [0.1, 0.15) is 4.88 Å². The van der Waals surface area contributed by atoms with Gasteiger partial charge in [-0.1, -0.05) is 29.8 Å². The summed E-state index contributed by atoms with van der Waals surface area (Å²) in [7, 11) is 0. The highest BCUT2D eigenvalue weighted by Gasteiger charge is 2.18. The summed E-state index contributed by atoms with van der Waals surface area (Å²) in [6, 6.07) is 14.1. The fourth-order valence-electron chi connectivity index (χ4n) is 2.39. The molecule has 1 amide bonds. The lowest BCUT2D eigenvalue weighted by Crippen LogP contribution is -2.33. The summed E-state index contributed by atoms with van der Waals surface area (Å²) in [5, 5.41) is 6.91. The molecule has 0 radical (unpaired) electrons. The molecule has 0 aliphatic heterocycles. The molecule has 2 N–H and O–H groups in total. The quantitative estimate of drug-likeness (QED) is 0.468. The molecule has 0 unspecified atom stereocenters. The maximum absolute atomic E-state index is 12.5. The number of hydrogen-bond donors (Lipinski definition) is 2. The van der Waals surface area contributed by atoms with Crippen LogP contribution in [0.2, 0.25) is 5.02 Å². The monoisotopic (exact) mass is 418 g/mol. The number of carbonyl (C=O) groups excluding carboxylic acids is 2. The van der Waals surface area contributed by atoms with Gasteiger partial charge in [-0.15, -0.1) is 11.3 Å². The number of carbonyl (C=O) groups is 2. The molecule has 0 spiro atoms. The van der Waals surface area contributed by atoms with Crippen molar-refractivity contribution < 1.29 is 14.3 Å². The normalized spacial score (nSPS) is 10.4. The van der Waals surface area contributed by atoms with Gasteiger partial charge in [-0.05, 0) is 49.5 Å². The summed E-state index contributed by atoms with van der Waals surface area (Å²) in [6.07, 6.45) is 0. The highest BCUT2D eigenvalue weighted by atomic mass is 35.5. The first-order valence-corrected chi connectivity index (χ1v) is 9.66. The lowest BCUT2D eigenvalue weighted by molar-refractivity contribution is 0.0526. The van der Waals surface area contributed by atoms with Gasteiger partial charge >= 0.3 is 5.97 Å². The van der Waals surface area contributed by atoms with Crippen LogP contribution in [-0.4, -0.2) is 23.6 Å². The molecular formula is C19H15ClN2O3S2. The van der Waals surface area contributed by atoms with Crippen molar-refractivity contribution in [3.63, 3.8) is 0 Å². The molecule has 0 atom stereocenters. The van der Waals surface area contributed by atoms with Crippen molar-refractivity contribution >= 4 is 67.9 Å². The van der Waals surface area contributed by atoms with E-state index >= 15 is 0 Å². The average molecular weight is 419 g/mol. The largest absolute Gasteiger partial charge is 0.462 e. The molecule has 1 heterocycles. The van der Waals surface area contributed by atoms with E-state index in [4.69, 9.17) is 28.6 Å². The average Bonchev–Trinajstić information content (AvgIpc) is 2.99. The summed E-state index contributed by atoms with van der Waals surface area (Å²) in [4.78, 5) is 24.5. The Labute approximate surface area is 170 Å². The first-order chi connectivity index (χ1) is 13.0. The number of esters is 1. The van der Waals surface area contributed by atoms with Gasteiger partial charge in [0, 0.05) is 15.8 Å². The number of hydrogen-bond acceptors (Lipinski definition) is 5. The van der Waals surface area contributed by atoms with E-state index in [-0.39, 0.29) is 17.0 Å². The lowest BCUT2D eigenvalue weighted by Gasteiger charge is -2.09. The van der Waals surface area contributed by atoms with Crippen molar-refractivity contribution in [1.29, 1.82) is 0 Å². The van der Waals surface area contributed by atoms with Crippen molar-refractivity contribution in [2.75, 3.05) is 11.9 Å². The third-order valence-corrected chi connectivity index (χ3v) is 5.50. The summed E-state index contributed by atoms with van der Waals surface area (Å²) in [5.74, 6) is -0.763. The van der Waals surface area contributed by atoms with Crippen LogP contribution in [0.5, 0.6) is 0 Å². The van der Waals surface area contributed by atoms with Gasteiger partial charge in [0.05, 0.1) is 17.2 Å². The predicted molar refractivity (Wildman–Crippen MR) is 113 cm³/mol. The van der Waals surface area contributed by atoms with Crippen molar-refractivity contribution in [3.8, 4) is 0 Å². The zero-order valence-electron chi connectivity index (χ0n) is 14.2. The predicted octanol–water partition coefficient (Wildman–Crippen LogP) is 4.86. The van der Waals surface area contributed by atoms with E-state index in [0.29, 0.717) is 27.8 Å². The van der Waals surface area contributed by atoms with Crippen LogP contribution in [0, 0.1) is 0 Å². The lowest BCUT2D eigenvalue weighted by atomic mass is 10.2. The van der Waals surface area contributed by atoms with E-state index in [9.17, 15) is 9.59 Å². The molecule has 5 nitrogen and oxygen atoms in total. The highest BCUT2D eigenvalue weighted by molar-refractivity contribution is 7.80. The number of rotatable bonds is 4. The number of thiocarbonyl (C=S) groups is 1. The minimum atomic E-state index is -0.390. The third kappa shape index (κ3) is 4.44. The number of nitrogens with one attached hydrogen (secondary N) is 2. The molecule has 8 heteroatoms. The van der Waals surface area contributed by atoms with Gasteiger partial charge in [-0.3, -0.25) is 10.1 Å². The van der Waals surface area contributed by atoms with E-state index in [1.165, 1.54) is 11.3 Å². The van der Waals surface area contributed by atoms with Gasteiger partial charge in [0.2, 0.25) is 0 Å². The number of fused-ring (bicyclic) bond motifs is 1. The number of ether oxygens (including phenoxy) is 1. The van der Waals surface area contributed by atoms with Crippen LogP contribution in [0.25, 0.3) is 10.1 Å². The summed E-state index contributed by atoms with van der Waals surface area (Å²) in [5.41, 5.74) is 1.07.